The molecule has 0 aliphatic rings. The first-order valence-corrected chi connectivity index (χ1v) is 5.73. The smallest absolute Gasteiger partial charge is 0.126 e. The van der Waals surface area contributed by atoms with Crippen LogP contribution in [0.5, 0.6) is 0 Å². The number of nitrogen functional groups attached to an aromatic ring is 3. The molecule has 0 fully saturated rings. The minimum atomic E-state index is 0.470. The molecule has 7 N–H and O–H groups in total. The second-order valence-electron chi connectivity index (χ2n) is 4.18. The molecule has 2 rings (SSSR count). The average Bonchev–Trinajstić information content (AvgIpc) is 2.59. The lowest BCUT2D eigenvalue weighted by molar-refractivity contribution is 0.807. The van der Waals surface area contributed by atoms with Gasteiger partial charge >= 0.3 is 0 Å². The molecule has 0 spiro atoms. The maximum atomic E-state index is 5.85. The highest BCUT2D eigenvalue weighted by Crippen LogP contribution is 2.27. The summed E-state index contributed by atoms with van der Waals surface area (Å²) in [6, 6.07) is 10.4. The van der Waals surface area contributed by atoms with Gasteiger partial charge in [0.1, 0.15) is 5.82 Å². The van der Waals surface area contributed by atoms with Crippen LogP contribution in [0.4, 0.5) is 17.2 Å². The number of nitrogens with one attached hydrogen (secondary N) is 1. The lowest BCUT2D eigenvalue weighted by Gasteiger charge is -2.01. The summed E-state index contributed by atoms with van der Waals surface area (Å²) < 4.78 is 0. The summed E-state index contributed by atoms with van der Waals surface area (Å²) in [5, 5.41) is 0. The van der Waals surface area contributed by atoms with E-state index in [1.165, 1.54) is 5.56 Å². The molecule has 1 heterocycles. The van der Waals surface area contributed by atoms with Crippen molar-refractivity contribution in [1.82, 2.24) is 4.98 Å². The van der Waals surface area contributed by atoms with Crippen LogP contribution in [0.2, 0.25) is 0 Å². The Balaban J connectivity index is 1.92. The van der Waals surface area contributed by atoms with Gasteiger partial charge in [0.2, 0.25) is 0 Å². The fraction of sp³-hybridized carbons (Fsp3) is 0.231. The molecule has 0 saturated heterocycles. The number of rotatable bonds is 4. The number of nitrogens with two attached hydrogens (primary N) is 3. The molecule has 17 heavy (non-hydrogen) atoms. The molecule has 2 aromatic rings. The van der Waals surface area contributed by atoms with Crippen molar-refractivity contribution in [2.24, 2.45) is 0 Å². The normalized spacial score (nSPS) is 10.6. The molecule has 0 aliphatic carbocycles. The van der Waals surface area contributed by atoms with E-state index >= 15 is 0 Å². The monoisotopic (exact) mass is 230 g/mol. The Morgan fingerprint density at radius 1 is 0.882 bits per heavy atom. The van der Waals surface area contributed by atoms with Crippen LogP contribution in [0.15, 0.2) is 30.3 Å². The molecular formula is C13H18N4. The lowest BCUT2D eigenvalue weighted by Crippen LogP contribution is -1.96. The van der Waals surface area contributed by atoms with Crippen LogP contribution < -0.4 is 17.2 Å². The highest BCUT2D eigenvalue weighted by atomic mass is 14.9. The summed E-state index contributed by atoms with van der Waals surface area (Å²) in [5.74, 6) is 0.470. The first kappa shape index (κ1) is 11.4. The van der Waals surface area contributed by atoms with Gasteiger partial charge in [0.25, 0.3) is 0 Å². The number of H-pyrrole nitrogens is 1. The Kier molecular flexibility index (Phi) is 3.23. The zero-order chi connectivity index (χ0) is 12.3. The van der Waals surface area contributed by atoms with Crippen molar-refractivity contribution >= 4 is 17.2 Å². The predicted molar refractivity (Wildman–Crippen MR) is 72.5 cm³/mol. The van der Waals surface area contributed by atoms with Gasteiger partial charge in [-0.3, -0.25) is 0 Å². The number of aromatic amines is 1. The number of aromatic nitrogens is 1. The first-order valence-electron chi connectivity index (χ1n) is 5.73. The van der Waals surface area contributed by atoms with E-state index in [1.807, 2.05) is 18.2 Å². The van der Waals surface area contributed by atoms with Crippen LogP contribution in [0.3, 0.4) is 0 Å². The van der Waals surface area contributed by atoms with Gasteiger partial charge in [-0.05, 0) is 24.8 Å². The highest BCUT2D eigenvalue weighted by Gasteiger charge is 2.09. The molecule has 0 amide bonds. The summed E-state index contributed by atoms with van der Waals surface area (Å²) in [5.41, 5.74) is 20.6. The van der Waals surface area contributed by atoms with E-state index in [-0.39, 0.29) is 0 Å². The third-order valence-electron chi connectivity index (χ3n) is 2.93. The quantitative estimate of drug-likeness (QED) is 0.646. The molecule has 1 aromatic carbocycles. The summed E-state index contributed by atoms with van der Waals surface area (Å²) in [6.45, 7) is 0. The van der Waals surface area contributed by atoms with E-state index in [0.717, 1.165) is 25.0 Å². The highest BCUT2D eigenvalue weighted by molar-refractivity contribution is 5.78. The van der Waals surface area contributed by atoms with Gasteiger partial charge < -0.3 is 22.2 Å². The van der Waals surface area contributed by atoms with Crippen LogP contribution in [0, 0.1) is 0 Å². The standard InChI is InChI=1S/C13H18N4/c14-11-10(17-13(16)12(11)15)8-4-7-9-5-2-1-3-6-9/h1-3,5-6,17H,4,7-8,14-16H2. The fourth-order valence-electron chi connectivity index (χ4n) is 1.92. The minimum Gasteiger partial charge on any atom is -0.396 e. The zero-order valence-electron chi connectivity index (χ0n) is 9.74. The van der Waals surface area contributed by atoms with E-state index in [9.17, 15) is 0 Å². The average molecular weight is 230 g/mol. The number of aryl methyl sites for hydroxylation is 2. The first-order chi connectivity index (χ1) is 8.18. The molecular weight excluding hydrogens is 212 g/mol. The Morgan fingerprint density at radius 2 is 1.59 bits per heavy atom. The van der Waals surface area contributed by atoms with E-state index in [4.69, 9.17) is 17.2 Å². The summed E-state index contributed by atoms with van der Waals surface area (Å²) in [6.07, 6.45) is 2.91. The van der Waals surface area contributed by atoms with Gasteiger partial charge in [-0.2, -0.15) is 0 Å². The molecule has 0 unspecified atom stereocenters. The van der Waals surface area contributed by atoms with E-state index < -0.39 is 0 Å². The van der Waals surface area contributed by atoms with Gasteiger partial charge in [-0.1, -0.05) is 30.3 Å². The van der Waals surface area contributed by atoms with Crippen molar-refractivity contribution in [3.8, 4) is 0 Å². The molecule has 4 heteroatoms. The van der Waals surface area contributed by atoms with Gasteiger partial charge in [0, 0.05) is 5.69 Å². The van der Waals surface area contributed by atoms with Gasteiger partial charge in [0.15, 0.2) is 0 Å². The van der Waals surface area contributed by atoms with E-state index in [0.29, 0.717) is 17.2 Å². The third-order valence-corrected chi connectivity index (χ3v) is 2.93. The molecule has 0 aliphatic heterocycles. The van der Waals surface area contributed by atoms with E-state index in [1.54, 1.807) is 0 Å². The molecule has 0 saturated carbocycles. The maximum Gasteiger partial charge on any atom is 0.126 e. The fourth-order valence-corrected chi connectivity index (χ4v) is 1.92. The summed E-state index contributed by atoms with van der Waals surface area (Å²) >= 11 is 0. The van der Waals surface area contributed by atoms with Crippen molar-refractivity contribution < 1.29 is 0 Å². The Hall–Kier alpha value is -2.10. The van der Waals surface area contributed by atoms with Crippen molar-refractivity contribution in [2.75, 3.05) is 17.2 Å². The number of hydrogen-bond donors (Lipinski definition) is 4. The van der Waals surface area contributed by atoms with Crippen LogP contribution in [-0.4, -0.2) is 4.98 Å². The van der Waals surface area contributed by atoms with Crippen molar-refractivity contribution in [1.29, 1.82) is 0 Å². The largest absolute Gasteiger partial charge is 0.396 e. The minimum absolute atomic E-state index is 0.470. The van der Waals surface area contributed by atoms with E-state index in [2.05, 4.69) is 17.1 Å². The summed E-state index contributed by atoms with van der Waals surface area (Å²) in [4.78, 5) is 3.03. The van der Waals surface area contributed by atoms with Crippen molar-refractivity contribution in [3.63, 3.8) is 0 Å². The zero-order valence-corrected chi connectivity index (χ0v) is 9.74. The number of benzene rings is 1. The van der Waals surface area contributed by atoms with Crippen molar-refractivity contribution in [3.05, 3.63) is 41.6 Å². The lowest BCUT2D eigenvalue weighted by atomic mass is 10.1. The van der Waals surface area contributed by atoms with Crippen LogP contribution in [-0.2, 0) is 12.8 Å². The van der Waals surface area contributed by atoms with Gasteiger partial charge in [0.05, 0.1) is 11.4 Å². The Bertz CT molecular complexity index is 488. The van der Waals surface area contributed by atoms with Gasteiger partial charge in [-0.15, -0.1) is 0 Å². The third kappa shape index (κ3) is 2.53. The maximum absolute atomic E-state index is 5.85. The number of hydrogen-bond acceptors (Lipinski definition) is 3. The topological polar surface area (TPSA) is 93.8 Å². The molecule has 90 valence electrons. The molecule has 1 aromatic heterocycles. The van der Waals surface area contributed by atoms with Crippen LogP contribution >= 0.6 is 0 Å². The Morgan fingerprint density at radius 3 is 2.18 bits per heavy atom. The molecule has 0 bridgehead atoms. The predicted octanol–water partition coefficient (Wildman–Crippen LogP) is 1.94. The summed E-state index contributed by atoms with van der Waals surface area (Å²) in [7, 11) is 0. The van der Waals surface area contributed by atoms with Crippen molar-refractivity contribution in [2.45, 2.75) is 19.3 Å². The molecule has 0 atom stereocenters. The second-order valence-corrected chi connectivity index (χ2v) is 4.18. The molecule has 4 nitrogen and oxygen atoms in total. The molecule has 0 radical (unpaired) electrons. The van der Waals surface area contributed by atoms with Crippen LogP contribution in [0.25, 0.3) is 0 Å². The Labute approximate surface area is 101 Å². The number of anilines is 3. The SMILES string of the molecule is Nc1[nH]c(CCCc2ccccc2)c(N)c1N. The second kappa shape index (κ2) is 4.82. The van der Waals surface area contributed by atoms with Gasteiger partial charge in [-0.25, -0.2) is 0 Å². The van der Waals surface area contributed by atoms with Crippen LogP contribution in [0.1, 0.15) is 17.7 Å².